The van der Waals surface area contributed by atoms with E-state index in [2.05, 4.69) is 20.8 Å². The molecule has 1 unspecified atom stereocenters. The number of amides is 3. The monoisotopic (exact) mass is 316 g/mol. The van der Waals surface area contributed by atoms with Crippen molar-refractivity contribution >= 4 is 17.9 Å². The van der Waals surface area contributed by atoms with Gasteiger partial charge in [0.2, 0.25) is 0 Å². The van der Waals surface area contributed by atoms with Gasteiger partial charge in [-0.1, -0.05) is 12.1 Å². The van der Waals surface area contributed by atoms with Crippen LogP contribution in [0, 0.1) is 0 Å². The van der Waals surface area contributed by atoms with Gasteiger partial charge in [-0.3, -0.25) is 14.5 Å². The molecule has 1 aromatic carbocycles. The summed E-state index contributed by atoms with van der Waals surface area (Å²) in [5.74, 6) is -1.89. The number of aliphatic carboxylic acids is 1. The number of nitrogens with one attached hydrogen (secondary N) is 1. The first-order chi connectivity index (χ1) is 10.9. The van der Waals surface area contributed by atoms with Crippen molar-refractivity contribution in [2.24, 2.45) is 0 Å². The van der Waals surface area contributed by atoms with Gasteiger partial charge < -0.3 is 10.4 Å². The molecule has 0 aliphatic carbocycles. The van der Waals surface area contributed by atoms with Crippen molar-refractivity contribution in [1.29, 1.82) is 0 Å². The van der Waals surface area contributed by atoms with Crippen molar-refractivity contribution in [3.8, 4) is 5.69 Å². The van der Waals surface area contributed by atoms with Gasteiger partial charge in [0.15, 0.2) is 0 Å². The zero-order chi connectivity index (χ0) is 16.6. The van der Waals surface area contributed by atoms with Crippen LogP contribution in [-0.4, -0.2) is 54.7 Å². The smallest absolute Gasteiger partial charge is 0.325 e. The van der Waals surface area contributed by atoms with E-state index in [4.69, 9.17) is 5.11 Å². The molecule has 1 saturated heterocycles. The molecule has 2 N–H and O–H groups in total. The SMILES string of the molecule is CC1(c2cccc(-n3cnnn3)c2)NC(=O)N(CC(=O)O)C1=O. The van der Waals surface area contributed by atoms with E-state index in [1.165, 1.54) is 17.9 Å². The van der Waals surface area contributed by atoms with Crippen LogP contribution in [0.1, 0.15) is 12.5 Å². The van der Waals surface area contributed by atoms with Gasteiger partial charge in [-0.05, 0) is 35.0 Å². The van der Waals surface area contributed by atoms with E-state index < -0.39 is 30.0 Å². The molecule has 118 valence electrons. The van der Waals surface area contributed by atoms with Gasteiger partial charge in [-0.2, -0.15) is 0 Å². The van der Waals surface area contributed by atoms with Gasteiger partial charge in [0.1, 0.15) is 18.4 Å². The van der Waals surface area contributed by atoms with Gasteiger partial charge in [-0.25, -0.2) is 9.48 Å². The first-order valence-corrected chi connectivity index (χ1v) is 6.61. The average molecular weight is 316 g/mol. The summed E-state index contributed by atoms with van der Waals surface area (Å²) >= 11 is 0. The van der Waals surface area contributed by atoms with Crippen LogP contribution in [0.25, 0.3) is 5.69 Å². The number of hydrogen-bond donors (Lipinski definition) is 2. The third-order valence-electron chi connectivity index (χ3n) is 3.61. The van der Waals surface area contributed by atoms with Crippen molar-refractivity contribution in [1.82, 2.24) is 30.4 Å². The summed E-state index contributed by atoms with van der Waals surface area (Å²) in [6, 6.07) is 6.00. The second-order valence-electron chi connectivity index (χ2n) is 5.14. The summed E-state index contributed by atoms with van der Waals surface area (Å²) in [7, 11) is 0. The van der Waals surface area contributed by atoms with E-state index in [1.807, 2.05) is 0 Å². The third kappa shape index (κ3) is 2.39. The molecule has 1 aromatic heterocycles. The largest absolute Gasteiger partial charge is 0.480 e. The maximum atomic E-state index is 12.5. The number of aromatic nitrogens is 4. The normalized spacial score (nSPS) is 20.7. The fourth-order valence-corrected chi connectivity index (χ4v) is 2.41. The van der Waals surface area contributed by atoms with Crippen LogP contribution in [-0.2, 0) is 15.1 Å². The van der Waals surface area contributed by atoms with Crippen LogP contribution in [0.15, 0.2) is 30.6 Å². The van der Waals surface area contributed by atoms with Crippen LogP contribution in [0.2, 0.25) is 0 Å². The van der Waals surface area contributed by atoms with E-state index in [1.54, 1.807) is 24.3 Å². The highest BCUT2D eigenvalue weighted by molar-refractivity contribution is 6.08. The minimum Gasteiger partial charge on any atom is -0.480 e. The van der Waals surface area contributed by atoms with Gasteiger partial charge >= 0.3 is 12.0 Å². The van der Waals surface area contributed by atoms with E-state index in [9.17, 15) is 14.4 Å². The number of nitrogens with zero attached hydrogens (tertiary/aromatic N) is 5. The lowest BCUT2D eigenvalue weighted by atomic mass is 9.91. The molecule has 0 saturated carbocycles. The molecule has 10 nitrogen and oxygen atoms in total. The summed E-state index contributed by atoms with van der Waals surface area (Å²) in [6.07, 6.45) is 1.40. The minimum atomic E-state index is -1.35. The molecule has 0 spiro atoms. The molecular weight excluding hydrogens is 304 g/mol. The number of benzene rings is 1. The van der Waals surface area contributed by atoms with E-state index >= 15 is 0 Å². The zero-order valence-electron chi connectivity index (χ0n) is 12.0. The molecule has 2 aromatic rings. The minimum absolute atomic E-state index is 0.497. The van der Waals surface area contributed by atoms with Gasteiger partial charge in [0.05, 0.1) is 5.69 Å². The Morgan fingerprint density at radius 1 is 1.39 bits per heavy atom. The molecular formula is C13H12N6O4. The first kappa shape index (κ1) is 14.6. The Kier molecular flexibility index (Phi) is 3.28. The lowest BCUT2D eigenvalue weighted by molar-refractivity contribution is -0.142. The maximum Gasteiger partial charge on any atom is 0.325 e. The molecule has 3 rings (SSSR count). The highest BCUT2D eigenvalue weighted by atomic mass is 16.4. The number of carbonyl (C=O) groups is 3. The Hall–Kier alpha value is -3.30. The van der Waals surface area contributed by atoms with Crippen LogP contribution in [0.3, 0.4) is 0 Å². The van der Waals surface area contributed by atoms with E-state index in [0.717, 1.165) is 0 Å². The van der Waals surface area contributed by atoms with Crippen molar-refractivity contribution in [3.63, 3.8) is 0 Å². The Balaban J connectivity index is 1.98. The van der Waals surface area contributed by atoms with E-state index in [-0.39, 0.29) is 0 Å². The molecule has 0 bridgehead atoms. The lowest BCUT2D eigenvalue weighted by Gasteiger charge is -2.22. The molecule has 1 aliphatic heterocycles. The summed E-state index contributed by atoms with van der Waals surface area (Å²) in [5, 5.41) is 22.2. The van der Waals surface area contributed by atoms with Crippen molar-refractivity contribution in [3.05, 3.63) is 36.2 Å². The van der Waals surface area contributed by atoms with Crippen molar-refractivity contribution in [2.75, 3.05) is 6.54 Å². The predicted molar refractivity (Wildman–Crippen MR) is 74.4 cm³/mol. The van der Waals surface area contributed by atoms with Crippen LogP contribution < -0.4 is 5.32 Å². The summed E-state index contributed by atoms with van der Waals surface area (Å²) in [5.41, 5.74) is -0.250. The molecule has 1 aliphatic rings. The highest BCUT2D eigenvalue weighted by Crippen LogP contribution is 2.29. The van der Waals surface area contributed by atoms with E-state index in [0.29, 0.717) is 16.2 Å². The van der Waals surface area contributed by atoms with Crippen LogP contribution >= 0.6 is 0 Å². The number of imide groups is 1. The summed E-state index contributed by atoms with van der Waals surface area (Å²) in [6.45, 7) is 0.834. The lowest BCUT2D eigenvalue weighted by Crippen LogP contribution is -2.41. The fourth-order valence-electron chi connectivity index (χ4n) is 2.41. The molecule has 23 heavy (non-hydrogen) atoms. The number of hydrogen-bond acceptors (Lipinski definition) is 6. The number of carboxylic acid groups (broad SMARTS) is 1. The molecule has 0 radical (unpaired) electrons. The van der Waals surface area contributed by atoms with Crippen molar-refractivity contribution < 1.29 is 19.5 Å². The van der Waals surface area contributed by atoms with Crippen LogP contribution in [0.4, 0.5) is 4.79 Å². The summed E-state index contributed by atoms with van der Waals surface area (Å²) < 4.78 is 1.41. The van der Waals surface area contributed by atoms with Crippen LogP contribution in [0.5, 0.6) is 0 Å². The first-order valence-electron chi connectivity index (χ1n) is 6.61. The standard InChI is InChI=1S/C13H12N6O4/c1-13(11(22)18(6-10(20)21)12(23)15-13)8-3-2-4-9(5-8)19-7-14-16-17-19/h2-5,7H,6H2,1H3,(H,15,23)(H,20,21). The number of carbonyl (C=O) groups excluding carboxylic acids is 2. The number of carboxylic acids is 1. The Bertz CT molecular complexity index is 790. The molecule has 10 heteroatoms. The second-order valence-corrected chi connectivity index (χ2v) is 5.14. The Morgan fingerprint density at radius 2 is 2.17 bits per heavy atom. The summed E-state index contributed by atoms with van der Waals surface area (Å²) in [4.78, 5) is 35.9. The second kappa shape index (κ2) is 5.16. The van der Waals surface area contributed by atoms with Gasteiger partial charge in [-0.15, -0.1) is 5.10 Å². The molecule has 1 atom stereocenters. The Morgan fingerprint density at radius 3 is 2.83 bits per heavy atom. The third-order valence-corrected chi connectivity index (χ3v) is 3.61. The molecule has 1 fully saturated rings. The zero-order valence-corrected chi connectivity index (χ0v) is 12.0. The fraction of sp³-hybridized carbons (Fsp3) is 0.231. The number of urea groups is 1. The average Bonchev–Trinajstić information content (AvgIpc) is 3.12. The van der Waals surface area contributed by atoms with Crippen molar-refractivity contribution in [2.45, 2.75) is 12.5 Å². The molecule has 3 amide bonds. The number of tetrazole rings is 1. The Labute approximate surface area is 129 Å². The molecule has 2 heterocycles. The van der Waals surface area contributed by atoms with Gasteiger partial charge in [0, 0.05) is 0 Å². The highest BCUT2D eigenvalue weighted by Gasteiger charge is 2.49. The predicted octanol–water partition coefficient (Wildman–Crippen LogP) is -0.486. The van der Waals surface area contributed by atoms with Gasteiger partial charge in [0.25, 0.3) is 5.91 Å². The topological polar surface area (TPSA) is 130 Å². The number of rotatable bonds is 4. The quantitative estimate of drug-likeness (QED) is 0.728. The maximum absolute atomic E-state index is 12.5.